The molecule has 0 aromatic carbocycles. The average Bonchev–Trinajstić information content (AvgIpc) is 2.58. The third kappa shape index (κ3) is 3.85. The van der Waals surface area contributed by atoms with Crippen LogP contribution in [0.2, 0.25) is 0 Å². The summed E-state index contributed by atoms with van der Waals surface area (Å²) in [6.07, 6.45) is 3.92. The first kappa shape index (κ1) is 19.5. The van der Waals surface area contributed by atoms with Crippen LogP contribution in [0.4, 0.5) is 4.79 Å². The van der Waals surface area contributed by atoms with Gasteiger partial charge < -0.3 is 14.5 Å². The van der Waals surface area contributed by atoms with Crippen LogP contribution in [0.1, 0.15) is 53.4 Å². The number of hydrogen-bond donors (Lipinski definition) is 0. The number of piperidine rings is 2. The summed E-state index contributed by atoms with van der Waals surface area (Å²) in [4.78, 5) is 31.1. The Morgan fingerprint density at radius 1 is 1.15 bits per heavy atom. The Morgan fingerprint density at radius 2 is 1.88 bits per heavy atom. The van der Waals surface area contributed by atoms with Crippen LogP contribution in [-0.4, -0.2) is 77.6 Å². The maximum absolute atomic E-state index is 12.5. The third-order valence-corrected chi connectivity index (χ3v) is 6.50. The van der Waals surface area contributed by atoms with Crippen molar-refractivity contribution in [3.8, 4) is 0 Å². The van der Waals surface area contributed by atoms with Gasteiger partial charge in [0.05, 0.1) is 6.61 Å². The number of ether oxygens (including phenoxy) is 1. The molecule has 1 saturated carbocycles. The lowest BCUT2D eigenvalue weighted by Gasteiger charge is -2.55. The highest BCUT2D eigenvalue weighted by Crippen LogP contribution is 2.40. The topological polar surface area (TPSA) is 53.1 Å². The second-order valence-corrected chi connectivity index (χ2v) is 8.44. The summed E-state index contributed by atoms with van der Waals surface area (Å²) in [5.74, 6) is 1.35. The molecule has 2 bridgehead atoms. The highest BCUT2D eigenvalue weighted by atomic mass is 16.6. The summed E-state index contributed by atoms with van der Waals surface area (Å²) in [5, 5.41) is 0. The van der Waals surface area contributed by atoms with Crippen LogP contribution in [0, 0.1) is 11.8 Å². The zero-order valence-corrected chi connectivity index (χ0v) is 16.8. The zero-order chi connectivity index (χ0) is 18.8. The molecule has 6 heteroatoms. The van der Waals surface area contributed by atoms with Gasteiger partial charge in [-0.1, -0.05) is 0 Å². The molecule has 0 N–H and O–H groups in total. The molecule has 3 heterocycles. The van der Waals surface area contributed by atoms with Gasteiger partial charge in [0.2, 0.25) is 5.91 Å². The molecule has 3 atom stereocenters. The van der Waals surface area contributed by atoms with E-state index in [4.69, 9.17) is 4.74 Å². The second kappa shape index (κ2) is 8.15. The van der Waals surface area contributed by atoms with Crippen LogP contribution in [0.5, 0.6) is 0 Å². The summed E-state index contributed by atoms with van der Waals surface area (Å²) in [7, 11) is 0. The molecule has 4 aliphatic rings. The highest BCUT2D eigenvalue weighted by Gasteiger charge is 2.47. The van der Waals surface area contributed by atoms with Crippen molar-refractivity contribution in [1.29, 1.82) is 0 Å². The smallest absolute Gasteiger partial charge is 0.410 e. The van der Waals surface area contributed by atoms with Crippen LogP contribution < -0.4 is 0 Å². The fourth-order valence-electron chi connectivity index (χ4n) is 5.17. The lowest BCUT2D eigenvalue weighted by Crippen LogP contribution is -2.64. The molecule has 3 unspecified atom stereocenters. The quantitative estimate of drug-likeness (QED) is 0.726. The maximum atomic E-state index is 12.5. The number of carbonyl (C=O) groups excluding carboxylic acids is 2. The van der Waals surface area contributed by atoms with Crippen molar-refractivity contribution in [3.05, 3.63) is 0 Å². The average molecular weight is 366 g/mol. The molecular formula is C20H35N3O3. The van der Waals surface area contributed by atoms with Crippen molar-refractivity contribution in [1.82, 2.24) is 14.7 Å². The standard InChI is InChI=1S/C20H35N3O3/c1-5-22(14(3)4)19(24)9-15-11-21(12-15)18-10-17-8-7-16(18)13-23(17)20(25)26-6-2/h14-18H,5-13H2,1-4H3. The fourth-order valence-corrected chi connectivity index (χ4v) is 5.17. The fraction of sp³-hybridized carbons (Fsp3) is 0.900. The Morgan fingerprint density at radius 3 is 2.42 bits per heavy atom. The molecule has 0 radical (unpaired) electrons. The first-order valence-corrected chi connectivity index (χ1v) is 10.4. The summed E-state index contributed by atoms with van der Waals surface area (Å²) in [5.41, 5.74) is 0. The van der Waals surface area contributed by atoms with Gasteiger partial charge in [-0.05, 0) is 58.8 Å². The Kier molecular flexibility index (Phi) is 6.10. The molecule has 3 aliphatic heterocycles. The molecule has 1 aliphatic carbocycles. The van der Waals surface area contributed by atoms with E-state index in [0.29, 0.717) is 42.9 Å². The van der Waals surface area contributed by atoms with Crippen LogP contribution in [-0.2, 0) is 9.53 Å². The molecule has 3 saturated heterocycles. The van der Waals surface area contributed by atoms with Gasteiger partial charge in [-0.15, -0.1) is 0 Å². The molecule has 4 fully saturated rings. The minimum atomic E-state index is -0.138. The van der Waals surface area contributed by atoms with Crippen molar-refractivity contribution in [3.63, 3.8) is 0 Å². The SMILES string of the molecule is CCOC(=O)N1CC2CCC1CC2N1CC(CC(=O)N(CC)C(C)C)C1. The normalized spacial score (nSPS) is 29.0. The molecule has 4 rings (SSSR count). The van der Waals surface area contributed by atoms with Crippen LogP contribution >= 0.6 is 0 Å². The van der Waals surface area contributed by atoms with Gasteiger partial charge in [-0.25, -0.2) is 4.79 Å². The van der Waals surface area contributed by atoms with Crippen molar-refractivity contribution >= 4 is 12.0 Å². The molecule has 148 valence electrons. The summed E-state index contributed by atoms with van der Waals surface area (Å²) in [6, 6.07) is 1.20. The maximum Gasteiger partial charge on any atom is 0.410 e. The van der Waals surface area contributed by atoms with E-state index in [2.05, 4.69) is 25.7 Å². The van der Waals surface area contributed by atoms with Gasteiger partial charge in [0.25, 0.3) is 0 Å². The van der Waals surface area contributed by atoms with E-state index in [1.165, 1.54) is 6.42 Å². The van der Waals surface area contributed by atoms with Crippen molar-refractivity contribution in [2.24, 2.45) is 11.8 Å². The Hall–Kier alpha value is -1.30. The number of carbonyl (C=O) groups is 2. The molecule has 6 nitrogen and oxygen atoms in total. The second-order valence-electron chi connectivity index (χ2n) is 8.44. The molecule has 26 heavy (non-hydrogen) atoms. The Balaban J connectivity index is 1.47. The highest BCUT2D eigenvalue weighted by molar-refractivity contribution is 5.76. The van der Waals surface area contributed by atoms with Gasteiger partial charge in [-0.3, -0.25) is 9.69 Å². The molecule has 0 aromatic rings. The first-order valence-electron chi connectivity index (χ1n) is 10.4. The van der Waals surface area contributed by atoms with Crippen molar-refractivity contribution in [2.45, 2.75) is 71.5 Å². The van der Waals surface area contributed by atoms with Gasteiger partial charge in [0.1, 0.15) is 0 Å². The summed E-state index contributed by atoms with van der Waals surface area (Å²) < 4.78 is 5.21. The van der Waals surface area contributed by atoms with Crippen molar-refractivity contribution < 1.29 is 14.3 Å². The molecule has 0 spiro atoms. The Labute approximate surface area is 157 Å². The number of hydrogen-bond acceptors (Lipinski definition) is 4. The van der Waals surface area contributed by atoms with E-state index in [-0.39, 0.29) is 12.1 Å². The van der Waals surface area contributed by atoms with Crippen LogP contribution in [0.15, 0.2) is 0 Å². The van der Waals surface area contributed by atoms with Gasteiger partial charge >= 0.3 is 6.09 Å². The van der Waals surface area contributed by atoms with E-state index in [0.717, 1.165) is 39.0 Å². The number of nitrogens with zero attached hydrogens (tertiary/aromatic N) is 3. The van der Waals surface area contributed by atoms with E-state index in [1.807, 2.05) is 16.7 Å². The first-order chi connectivity index (χ1) is 12.4. The van der Waals surface area contributed by atoms with Gasteiger partial charge in [0, 0.05) is 50.7 Å². The number of rotatable bonds is 6. The molecule has 0 aromatic heterocycles. The minimum absolute atomic E-state index is 0.138. The van der Waals surface area contributed by atoms with E-state index in [1.54, 1.807) is 0 Å². The monoisotopic (exact) mass is 365 g/mol. The number of amides is 2. The molecular weight excluding hydrogens is 330 g/mol. The lowest BCUT2D eigenvalue weighted by atomic mass is 9.74. The summed E-state index contributed by atoms with van der Waals surface area (Å²) >= 11 is 0. The van der Waals surface area contributed by atoms with Gasteiger partial charge in [0.15, 0.2) is 0 Å². The van der Waals surface area contributed by atoms with E-state index >= 15 is 0 Å². The summed E-state index contributed by atoms with van der Waals surface area (Å²) in [6.45, 7) is 12.2. The zero-order valence-electron chi connectivity index (χ0n) is 16.8. The third-order valence-electron chi connectivity index (χ3n) is 6.50. The van der Waals surface area contributed by atoms with E-state index in [9.17, 15) is 9.59 Å². The number of fused-ring (bicyclic) bond motifs is 3. The predicted octanol–water partition coefficient (Wildman–Crippen LogP) is 2.57. The van der Waals surface area contributed by atoms with Gasteiger partial charge in [-0.2, -0.15) is 0 Å². The molecule has 2 amide bonds. The number of likely N-dealkylation sites (tertiary alicyclic amines) is 1. The van der Waals surface area contributed by atoms with Crippen molar-refractivity contribution in [2.75, 3.05) is 32.8 Å². The van der Waals surface area contributed by atoms with Crippen LogP contribution in [0.25, 0.3) is 0 Å². The predicted molar refractivity (Wildman–Crippen MR) is 101 cm³/mol. The van der Waals surface area contributed by atoms with E-state index < -0.39 is 0 Å². The Bertz CT molecular complexity index is 518. The lowest BCUT2D eigenvalue weighted by molar-refractivity contribution is -0.136. The minimum Gasteiger partial charge on any atom is -0.450 e. The largest absolute Gasteiger partial charge is 0.450 e. The van der Waals surface area contributed by atoms with Crippen LogP contribution in [0.3, 0.4) is 0 Å².